The third-order valence-electron chi connectivity index (χ3n) is 4.94. The van der Waals surface area contributed by atoms with Gasteiger partial charge in [-0.05, 0) is 43.7 Å². The van der Waals surface area contributed by atoms with Crippen LogP contribution in [-0.4, -0.2) is 26.7 Å². The average Bonchev–Trinajstić information content (AvgIpc) is 2.89. The zero-order valence-corrected chi connectivity index (χ0v) is 13.0. The number of benzene rings is 1. The number of aromatic nitrogens is 1. The van der Waals surface area contributed by atoms with Crippen molar-refractivity contribution in [2.75, 3.05) is 11.5 Å². The zero-order chi connectivity index (χ0) is 14.2. The number of nitrogens with one attached hydrogen (secondary N) is 2. The lowest BCUT2D eigenvalue weighted by atomic mass is 9.91. The molecule has 1 aromatic carbocycles. The fourth-order valence-electron chi connectivity index (χ4n) is 3.83. The summed E-state index contributed by atoms with van der Waals surface area (Å²) in [5.74, 6) is 1.73. The molecule has 2 N–H and O–H groups in total. The predicted octanol–water partition coefficient (Wildman–Crippen LogP) is 3.05. The Balaban J connectivity index is 1.60. The fourth-order valence-corrected chi connectivity index (χ4v) is 5.13. The lowest BCUT2D eigenvalue weighted by Crippen LogP contribution is -2.39. The Kier molecular flexibility index (Phi) is 3.59. The highest BCUT2D eigenvalue weighted by Crippen LogP contribution is 2.35. The summed E-state index contributed by atoms with van der Waals surface area (Å²) < 4.78 is 11.5. The van der Waals surface area contributed by atoms with Crippen LogP contribution in [0.25, 0.3) is 10.9 Å². The molecule has 3 nitrogen and oxygen atoms in total. The molecule has 1 aliphatic carbocycles. The van der Waals surface area contributed by atoms with Crippen LogP contribution in [-0.2, 0) is 17.2 Å². The van der Waals surface area contributed by atoms with E-state index in [1.807, 2.05) is 0 Å². The van der Waals surface area contributed by atoms with Crippen LogP contribution in [0.3, 0.4) is 0 Å². The molecule has 2 aliphatic rings. The zero-order valence-electron chi connectivity index (χ0n) is 12.2. The van der Waals surface area contributed by atoms with Gasteiger partial charge in [0.25, 0.3) is 0 Å². The van der Waals surface area contributed by atoms with Crippen LogP contribution in [0, 0.1) is 0 Å². The van der Waals surface area contributed by atoms with E-state index in [0.717, 1.165) is 24.3 Å². The molecule has 1 fully saturated rings. The van der Waals surface area contributed by atoms with Gasteiger partial charge in [-0.15, -0.1) is 0 Å². The molecule has 0 radical (unpaired) electrons. The van der Waals surface area contributed by atoms with Crippen LogP contribution in [0.2, 0.25) is 0 Å². The van der Waals surface area contributed by atoms with Crippen molar-refractivity contribution in [1.29, 1.82) is 0 Å². The maximum absolute atomic E-state index is 11.5. The monoisotopic (exact) mass is 302 g/mol. The van der Waals surface area contributed by atoms with Crippen LogP contribution in [0.5, 0.6) is 0 Å². The van der Waals surface area contributed by atoms with E-state index in [-0.39, 0.29) is 0 Å². The van der Waals surface area contributed by atoms with Gasteiger partial charge in [-0.2, -0.15) is 0 Å². The van der Waals surface area contributed by atoms with Crippen LogP contribution >= 0.6 is 0 Å². The first-order valence-corrected chi connectivity index (χ1v) is 9.50. The molecular formula is C17H22N2OS. The summed E-state index contributed by atoms with van der Waals surface area (Å²) in [6, 6.07) is 9.61. The van der Waals surface area contributed by atoms with Gasteiger partial charge in [-0.3, -0.25) is 4.21 Å². The number of H-pyrrole nitrogens is 1. The SMILES string of the molecule is O=S1CCC(NC2CCCc3c2[nH]c2ccccc32)CC1. The summed E-state index contributed by atoms with van der Waals surface area (Å²) in [6.07, 6.45) is 5.76. The number of rotatable bonds is 2. The highest BCUT2D eigenvalue weighted by atomic mass is 32.2. The van der Waals surface area contributed by atoms with Crippen molar-refractivity contribution in [3.8, 4) is 0 Å². The van der Waals surface area contributed by atoms with E-state index < -0.39 is 10.8 Å². The van der Waals surface area contributed by atoms with Crippen molar-refractivity contribution in [3.05, 3.63) is 35.5 Å². The largest absolute Gasteiger partial charge is 0.357 e. The molecule has 21 heavy (non-hydrogen) atoms. The lowest BCUT2D eigenvalue weighted by Gasteiger charge is -2.30. The van der Waals surface area contributed by atoms with Crippen LogP contribution < -0.4 is 5.32 Å². The van der Waals surface area contributed by atoms with Gasteiger partial charge in [0.05, 0.1) is 0 Å². The predicted molar refractivity (Wildman–Crippen MR) is 88.0 cm³/mol. The van der Waals surface area contributed by atoms with E-state index in [0.29, 0.717) is 12.1 Å². The summed E-state index contributed by atoms with van der Waals surface area (Å²) in [4.78, 5) is 3.64. The topological polar surface area (TPSA) is 44.9 Å². The van der Waals surface area contributed by atoms with Gasteiger partial charge in [0.15, 0.2) is 0 Å². The molecule has 4 heteroatoms. The van der Waals surface area contributed by atoms with E-state index in [1.165, 1.54) is 41.4 Å². The quantitative estimate of drug-likeness (QED) is 0.895. The third kappa shape index (κ3) is 2.55. The van der Waals surface area contributed by atoms with Crippen molar-refractivity contribution >= 4 is 21.7 Å². The molecule has 1 aromatic heterocycles. The highest BCUT2D eigenvalue weighted by Gasteiger charge is 2.27. The molecule has 1 atom stereocenters. The Bertz CT molecular complexity index is 668. The second-order valence-electron chi connectivity index (χ2n) is 6.30. The first kappa shape index (κ1) is 13.5. The van der Waals surface area contributed by atoms with Crippen molar-refractivity contribution in [1.82, 2.24) is 10.3 Å². The standard InChI is InChI=1S/C17H22N2OS/c20-21-10-8-12(9-11-21)18-16-7-3-5-14-13-4-1-2-6-15(13)19-17(14)16/h1-2,4,6,12,16,18-19H,3,5,7-11H2. The van der Waals surface area contributed by atoms with Gasteiger partial charge in [-0.1, -0.05) is 18.2 Å². The number of hydrogen-bond acceptors (Lipinski definition) is 2. The average molecular weight is 302 g/mol. The van der Waals surface area contributed by atoms with Gasteiger partial charge in [0.1, 0.15) is 0 Å². The van der Waals surface area contributed by atoms with E-state index in [9.17, 15) is 4.21 Å². The molecule has 0 amide bonds. The molecule has 0 spiro atoms. The third-order valence-corrected chi connectivity index (χ3v) is 6.32. The van der Waals surface area contributed by atoms with Crippen molar-refractivity contribution in [2.24, 2.45) is 0 Å². The summed E-state index contributed by atoms with van der Waals surface area (Å²) in [5.41, 5.74) is 4.17. The Morgan fingerprint density at radius 2 is 1.95 bits per heavy atom. The molecule has 1 aliphatic heterocycles. The fraction of sp³-hybridized carbons (Fsp3) is 0.529. The maximum atomic E-state index is 11.5. The first-order chi connectivity index (χ1) is 10.3. The second-order valence-corrected chi connectivity index (χ2v) is 7.99. The normalized spacial score (nSPS) is 29.4. The smallest absolute Gasteiger partial charge is 0.0478 e. The number of fused-ring (bicyclic) bond motifs is 3. The number of hydrogen-bond donors (Lipinski definition) is 2. The molecule has 2 heterocycles. The van der Waals surface area contributed by atoms with Gasteiger partial charge in [0.2, 0.25) is 0 Å². The van der Waals surface area contributed by atoms with Gasteiger partial charge in [0, 0.05) is 51.0 Å². The van der Waals surface area contributed by atoms with E-state index in [1.54, 1.807) is 0 Å². The number of aryl methyl sites for hydroxylation is 1. The van der Waals surface area contributed by atoms with Crippen molar-refractivity contribution < 1.29 is 4.21 Å². The Labute approximate surface area is 128 Å². The first-order valence-electron chi connectivity index (χ1n) is 8.02. The molecule has 112 valence electrons. The molecule has 0 bridgehead atoms. The lowest BCUT2D eigenvalue weighted by molar-refractivity contribution is 0.372. The van der Waals surface area contributed by atoms with Crippen molar-refractivity contribution in [3.63, 3.8) is 0 Å². The summed E-state index contributed by atoms with van der Waals surface area (Å²) >= 11 is 0. The summed E-state index contributed by atoms with van der Waals surface area (Å²) in [7, 11) is -0.573. The molecule has 1 saturated heterocycles. The van der Waals surface area contributed by atoms with E-state index in [4.69, 9.17) is 0 Å². The minimum Gasteiger partial charge on any atom is -0.357 e. The summed E-state index contributed by atoms with van der Waals surface area (Å²) in [5, 5.41) is 5.22. The van der Waals surface area contributed by atoms with Crippen LogP contribution in [0.4, 0.5) is 0 Å². The van der Waals surface area contributed by atoms with Gasteiger partial charge < -0.3 is 10.3 Å². The molecule has 4 rings (SSSR count). The van der Waals surface area contributed by atoms with Crippen molar-refractivity contribution in [2.45, 2.75) is 44.2 Å². The number of aromatic amines is 1. The molecule has 0 saturated carbocycles. The second kappa shape index (κ2) is 5.58. The van der Waals surface area contributed by atoms with Gasteiger partial charge in [-0.25, -0.2) is 0 Å². The van der Waals surface area contributed by atoms with Crippen LogP contribution in [0.15, 0.2) is 24.3 Å². The van der Waals surface area contributed by atoms with Gasteiger partial charge >= 0.3 is 0 Å². The van der Waals surface area contributed by atoms with E-state index >= 15 is 0 Å². The Morgan fingerprint density at radius 3 is 2.81 bits per heavy atom. The minimum absolute atomic E-state index is 0.442. The maximum Gasteiger partial charge on any atom is 0.0478 e. The molecule has 2 aromatic rings. The van der Waals surface area contributed by atoms with E-state index in [2.05, 4.69) is 34.6 Å². The Morgan fingerprint density at radius 1 is 1.14 bits per heavy atom. The number of para-hydroxylation sites is 1. The highest BCUT2D eigenvalue weighted by molar-refractivity contribution is 7.85. The molecule has 1 unspecified atom stereocenters. The summed E-state index contributed by atoms with van der Waals surface area (Å²) in [6.45, 7) is 0. The minimum atomic E-state index is -0.573. The Hall–Kier alpha value is -1.13. The van der Waals surface area contributed by atoms with Crippen LogP contribution in [0.1, 0.15) is 43.0 Å². The molecular weight excluding hydrogens is 280 g/mol.